The van der Waals surface area contributed by atoms with E-state index in [-0.39, 0.29) is 59.5 Å². The molecule has 0 aromatic carbocycles. The first-order valence-electron chi connectivity index (χ1n) is 14.3. The smallest absolute Gasteiger partial charge is 0.373 e. The topological polar surface area (TPSA) is 150 Å². The van der Waals surface area contributed by atoms with Gasteiger partial charge in [0.15, 0.2) is 5.78 Å². The van der Waals surface area contributed by atoms with Crippen LogP contribution in [0, 0.1) is 40.4 Å². The first kappa shape index (κ1) is 30.8. The largest absolute Gasteiger partial charge is 0.437 e. The van der Waals surface area contributed by atoms with Gasteiger partial charge >= 0.3 is 7.05 Å². The van der Waals surface area contributed by atoms with Gasteiger partial charge in [-0.25, -0.2) is 0 Å². The molecule has 3 aliphatic rings. The van der Waals surface area contributed by atoms with Crippen LogP contribution in [0.15, 0.2) is 0 Å². The number of aliphatic hydroxyl groups excluding tert-OH is 1. The Balaban J connectivity index is 1.80. The number of hydrogen-bond acceptors (Lipinski definition) is 7. The minimum atomic E-state index is -1.40. The van der Waals surface area contributed by atoms with Gasteiger partial charge in [0.2, 0.25) is 11.8 Å². The predicted octanol–water partition coefficient (Wildman–Crippen LogP) is 1.79. The molecule has 38 heavy (non-hydrogen) atoms. The summed E-state index contributed by atoms with van der Waals surface area (Å²) >= 11 is 0. The number of aliphatic hydroxyl groups is 1. The Labute approximate surface area is 227 Å². The van der Waals surface area contributed by atoms with E-state index in [1.807, 2.05) is 20.8 Å². The number of piperidine rings is 1. The van der Waals surface area contributed by atoms with Crippen LogP contribution in [0.3, 0.4) is 0 Å². The second-order valence-electron chi connectivity index (χ2n) is 14.0. The van der Waals surface area contributed by atoms with Crippen LogP contribution in [0.1, 0.15) is 79.6 Å². The molecule has 5 N–H and O–H groups in total. The molecule has 2 aliphatic carbocycles. The van der Waals surface area contributed by atoms with E-state index in [1.165, 1.54) is 0 Å². The van der Waals surface area contributed by atoms with Crippen LogP contribution in [-0.4, -0.2) is 70.7 Å². The van der Waals surface area contributed by atoms with E-state index in [2.05, 4.69) is 19.1 Å². The second kappa shape index (κ2) is 11.8. The van der Waals surface area contributed by atoms with Gasteiger partial charge in [-0.1, -0.05) is 53.9 Å². The van der Waals surface area contributed by atoms with E-state index >= 15 is 0 Å². The number of rotatable bonds is 14. The molecular formula is C28H48BN3O6. The molecule has 1 heterocycles. The molecule has 0 radical (unpaired) electrons. The Morgan fingerprint density at radius 1 is 1.16 bits per heavy atom. The third kappa shape index (κ3) is 7.24. The van der Waals surface area contributed by atoms with E-state index in [0.29, 0.717) is 25.3 Å². The molecular weight excluding hydrogens is 485 g/mol. The van der Waals surface area contributed by atoms with Gasteiger partial charge in [-0.2, -0.15) is 0 Å². The van der Waals surface area contributed by atoms with E-state index in [9.17, 15) is 29.3 Å². The molecule has 1 aliphatic heterocycles. The fraction of sp³-hybridized carbons (Fsp3) is 0.857. The van der Waals surface area contributed by atoms with Crippen molar-refractivity contribution >= 4 is 30.4 Å². The second-order valence-corrected chi connectivity index (χ2v) is 14.0. The Kier molecular flexibility index (Phi) is 9.52. The van der Waals surface area contributed by atoms with Crippen molar-refractivity contribution in [1.82, 2.24) is 10.1 Å². The van der Waals surface area contributed by atoms with Crippen LogP contribution in [0.4, 0.5) is 0 Å². The first-order valence-corrected chi connectivity index (χ1v) is 14.3. The fourth-order valence-corrected chi connectivity index (χ4v) is 6.71. The lowest BCUT2D eigenvalue weighted by Crippen LogP contribution is -2.51. The highest BCUT2D eigenvalue weighted by Crippen LogP contribution is 2.65. The Bertz CT molecular complexity index is 913. The molecule has 9 nitrogen and oxygen atoms in total. The van der Waals surface area contributed by atoms with Crippen molar-refractivity contribution in [3.8, 4) is 0 Å². The molecule has 2 amide bonds. The third-order valence-corrected chi connectivity index (χ3v) is 9.09. The first-order chi connectivity index (χ1) is 17.5. The minimum Gasteiger partial charge on any atom is -0.437 e. The van der Waals surface area contributed by atoms with Gasteiger partial charge in [-0.3, -0.25) is 19.2 Å². The number of carbonyl (C=O) groups is 4. The maximum Gasteiger partial charge on any atom is 0.373 e. The molecule has 214 valence electrons. The summed E-state index contributed by atoms with van der Waals surface area (Å²) in [4.78, 5) is 54.0. The van der Waals surface area contributed by atoms with Gasteiger partial charge in [0.1, 0.15) is 11.9 Å². The molecule has 3 fully saturated rings. The number of fused-ring (bicyclic) bond motifs is 1. The monoisotopic (exact) mass is 533 g/mol. The summed E-state index contributed by atoms with van der Waals surface area (Å²) in [5, 5.41) is 23.2. The Morgan fingerprint density at radius 2 is 1.79 bits per heavy atom. The number of hydrogen-bond donors (Lipinski definition) is 4. The molecule has 1 saturated heterocycles. The predicted molar refractivity (Wildman–Crippen MR) is 146 cm³/mol. The number of carbonyl (C=O) groups excluding carboxylic acids is 4. The van der Waals surface area contributed by atoms with Crippen LogP contribution >= 0.6 is 0 Å². The van der Waals surface area contributed by atoms with Crippen molar-refractivity contribution < 1.29 is 29.3 Å². The SMILES string of the molecule is CB(O)NC[C@H](CC(=O)CC(C)(C)C)C(=O)N1CC2[C@@H]([C@H]1C(=O)CC(CC1CCC1)C(O)C(N)=O)C2(C)C. The fourth-order valence-electron chi connectivity index (χ4n) is 6.71. The van der Waals surface area contributed by atoms with Gasteiger partial charge < -0.3 is 26.0 Å². The van der Waals surface area contributed by atoms with Gasteiger partial charge in [0.25, 0.3) is 0 Å². The van der Waals surface area contributed by atoms with Crippen LogP contribution in [0.2, 0.25) is 6.82 Å². The average molecular weight is 534 g/mol. The van der Waals surface area contributed by atoms with Crippen molar-refractivity contribution in [3.63, 3.8) is 0 Å². The summed E-state index contributed by atoms with van der Waals surface area (Å²) in [5.74, 6) is -1.96. The molecule has 0 aromatic rings. The van der Waals surface area contributed by atoms with Gasteiger partial charge in [0.05, 0.1) is 12.0 Å². The molecule has 10 heteroatoms. The molecule has 0 bridgehead atoms. The standard InChI is InChI=1S/C28H48BN3O6/c1-27(2,3)13-19(33)11-18(14-31-29(6)38)26(37)32-15-20-22(28(20,4)5)23(32)21(34)12-17(24(35)25(30)36)10-16-8-7-9-16/h16-18,20,22-24,31,35,38H,7-15H2,1-6H3,(H2,30,36)/t17?,18-,20?,22-,23+,24?/m0/s1. The molecule has 6 atom stereocenters. The Morgan fingerprint density at radius 3 is 2.29 bits per heavy atom. The van der Waals surface area contributed by atoms with Gasteiger partial charge in [-0.05, 0) is 48.4 Å². The number of Topliss-reactive ketones (excluding diaryl/α,β-unsaturated/α-hetero) is 2. The number of nitrogens with one attached hydrogen (secondary N) is 1. The van der Waals surface area contributed by atoms with Crippen molar-refractivity contribution in [2.45, 2.75) is 98.5 Å². The number of primary amides is 1. The van der Waals surface area contributed by atoms with E-state index in [4.69, 9.17) is 5.73 Å². The zero-order valence-electron chi connectivity index (χ0n) is 24.0. The highest BCUT2D eigenvalue weighted by atomic mass is 16.3. The molecule has 3 rings (SSSR count). The number of nitrogens with two attached hydrogens (primary N) is 1. The van der Waals surface area contributed by atoms with Crippen molar-refractivity contribution in [2.75, 3.05) is 13.1 Å². The molecule has 0 spiro atoms. The van der Waals surface area contributed by atoms with Gasteiger partial charge in [0, 0.05) is 31.7 Å². The van der Waals surface area contributed by atoms with Crippen molar-refractivity contribution in [2.24, 2.45) is 46.2 Å². The summed E-state index contributed by atoms with van der Waals surface area (Å²) < 4.78 is 0. The normalized spacial score (nSPS) is 26.6. The van der Waals surface area contributed by atoms with Crippen LogP contribution in [0.25, 0.3) is 0 Å². The lowest BCUT2D eigenvalue weighted by Gasteiger charge is -2.35. The van der Waals surface area contributed by atoms with Gasteiger partial charge in [-0.15, -0.1) is 0 Å². The average Bonchev–Trinajstić information content (AvgIpc) is 3.09. The number of likely N-dealkylation sites (tertiary alicyclic amines) is 1. The molecule has 2 saturated carbocycles. The zero-order valence-corrected chi connectivity index (χ0v) is 24.0. The van der Waals surface area contributed by atoms with Crippen molar-refractivity contribution in [1.29, 1.82) is 0 Å². The van der Waals surface area contributed by atoms with E-state index < -0.39 is 36.9 Å². The maximum atomic E-state index is 13.9. The van der Waals surface area contributed by atoms with E-state index in [0.717, 1.165) is 19.3 Å². The Hall–Kier alpha value is -1.78. The highest BCUT2D eigenvalue weighted by molar-refractivity contribution is 6.45. The maximum absolute atomic E-state index is 13.9. The minimum absolute atomic E-state index is 0.00433. The summed E-state index contributed by atoms with van der Waals surface area (Å²) in [6, 6.07) is -0.654. The number of amides is 2. The molecule has 0 aromatic heterocycles. The van der Waals surface area contributed by atoms with Crippen LogP contribution in [0.5, 0.6) is 0 Å². The lowest BCUT2D eigenvalue weighted by molar-refractivity contribution is -0.145. The lowest BCUT2D eigenvalue weighted by atomic mass is 9.75. The summed E-state index contributed by atoms with van der Waals surface area (Å²) in [7, 11) is -0.839. The quantitative estimate of drug-likeness (QED) is 0.249. The van der Waals surface area contributed by atoms with Crippen LogP contribution in [-0.2, 0) is 19.2 Å². The highest BCUT2D eigenvalue weighted by Gasteiger charge is 2.69. The van der Waals surface area contributed by atoms with Crippen molar-refractivity contribution in [3.05, 3.63) is 0 Å². The van der Waals surface area contributed by atoms with E-state index in [1.54, 1.807) is 11.7 Å². The molecule has 3 unspecified atom stereocenters. The zero-order chi connectivity index (χ0) is 28.6. The summed E-state index contributed by atoms with van der Waals surface area (Å²) in [6.07, 6.45) is 2.67. The summed E-state index contributed by atoms with van der Waals surface area (Å²) in [5.41, 5.74) is 5.12. The van der Waals surface area contributed by atoms with Crippen LogP contribution < -0.4 is 11.0 Å². The number of nitrogens with zero attached hydrogens (tertiary/aromatic N) is 1. The number of ketones is 2. The third-order valence-electron chi connectivity index (χ3n) is 9.09. The summed E-state index contributed by atoms with van der Waals surface area (Å²) in [6.45, 7) is 12.3.